The van der Waals surface area contributed by atoms with Gasteiger partial charge in [-0.25, -0.2) is 9.78 Å². The quantitative estimate of drug-likeness (QED) is 0.452. The predicted octanol–water partition coefficient (Wildman–Crippen LogP) is 2.81. The standard InChI is InChI=1S/C24H22N6O3/c25-10-15-1-4-18-19(9-15)27-22(28-23(18)33-14-16-6-8-32-13-16)12-29-21-11-26-7-5-20(21)30(24(29)31)17-2-3-17/h1,4-5,7,9,11,16-17H,2-3,6,8,12-14H2. The molecule has 1 aliphatic heterocycles. The summed E-state index contributed by atoms with van der Waals surface area (Å²) in [6, 6.07) is 9.55. The minimum atomic E-state index is -0.0828. The minimum absolute atomic E-state index is 0.0828. The van der Waals surface area contributed by atoms with Gasteiger partial charge in [-0.15, -0.1) is 0 Å². The Morgan fingerprint density at radius 3 is 2.88 bits per heavy atom. The molecule has 4 aromatic rings. The van der Waals surface area contributed by atoms with Crippen molar-refractivity contribution < 1.29 is 9.47 Å². The number of aromatic nitrogens is 5. The van der Waals surface area contributed by atoms with Crippen LogP contribution in [0.15, 0.2) is 41.5 Å². The molecule has 9 nitrogen and oxygen atoms in total. The molecular formula is C24H22N6O3. The molecule has 1 aromatic carbocycles. The lowest BCUT2D eigenvalue weighted by Crippen LogP contribution is -2.25. The maximum absolute atomic E-state index is 13.3. The maximum Gasteiger partial charge on any atom is 0.329 e. The lowest BCUT2D eigenvalue weighted by Gasteiger charge is -2.13. The highest BCUT2D eigenvalue weighted by atomic mass is 16.5. The van der Waals surface area contributed by atoms with Crippen molar-refractivity contribution in [2.24, 2.45) is 5.92 Å². The maximum atomic E-state index is 13.3. The third-order valence-corrected chi connectivity index (χ3v) is 6.29. The van der Waals surface area contributed by atoms with Crippen molar-refractivity contribution in [2.75, 3.05) is 19.8 Å². The average molecular weight is 442 g/mol. The normalized spacial score (nSPS) is 18.1. The number of benzene rings is 1. The fourth-order valence-corrected chi connectivity index (χ4v) is 4.41. The van der Waals surface area contributed by atoms with E-state index in [1.807, 2.05) is 16.7 Å². The van der Waals surface area contributed by atoms with Crippen LogP contribution in [0.5, 0.6) is 5.88 Å². The number of hydrogen-bond donors (Lipinski definition) is 0. The fourth-order valence-electron chi connectivity index (χ4n) is 4.41. The van der Waals surface area contributed by atoms with E-state index in [4.69, 9.17) is 9.47 Å². The van der Waals surface area contributed by atoms with Gasteiger partial charge in [-0.3, -0.25) is 14.1 Å². The summed E-state index contributed by atoms with van der Waals surface area (Å²) in [4.78, 5) is 26.9. The summed E-state index contributed by atoms with van der Waals surface area (Å²) in [5.41, 5.74) is 2.68. The molecule has 1 atom stereocenters. The van der Waals surface area contributed by atoms with E-state index in [9.17, 15) is 10.1 Å². The second-order valence-corrected chi connectivity index (χ2v) is 8.66. The summed E-state index contributed by atoms with van der Waals surface area (Å²) in [6.45, 7) is 2.11. The van der Waals surface area contributed by atoms with E-state index in [0.717, 1.165) is 42.3 Å². The lowest BCUT2D eigenvalue weighted by molar-refractivity contribution is 0.166. The van der Waals surface area contributed by atoms with Gasteiger partial charge in [0.1, 0.15) is 0 Å². The lowest BCUT2D eigenvalue weighted by atomic mass is 10.1. The third kappa shape index (κ3) is 3.62. The van der Waals surface area contributed by atoms with Crippen molar-refractivity contribution in [3.8, 4) is 11.9 Å². The van der Waals surface area contributed by atoms with Crippen LogP contribution in [0.25, 0.3) is 21.9 Å². The smallest absolute Gasteiger partial charge is 0.329 e. The monoisotopic (exact) mass is 442 g/mol. The number of ether oxygens (including phenoxy) is 2. The van der Waals surface area contributed by atoms with Gasteiger partial charge in [-0.05, 0) is 43.5 Å². The van der Waals surface area contributed by atoms with Crippen LogP contribution in [0.1, 0.15) is 36.7 Å². The molecule has 0 spiro atoms. The largest absolute Gasteiger partial charge is 0.477 e. The molecule has 3 aromatic heterocycles. The van der Waals surface area contributed by atoms with Gasteiger partial charge in [0.25, 0.3) is 0 Å². The van der Waals surface area contributed by atoms with Crippen molar-refractivity contribution in [3.63, 3.8) is 0 Å². The average Bonchev–Trinajstić information content (AvgIpc) is 3.45. The summed E-state index contributed by atoms with van der Waals surface area (Å²) in [5, 5.41) is 10.1. The summed E-state index contributed by atoms with van der Waals surface area (Å²) in [6.07, 6.45) is 6.39. The van der Waals surface area contributed by atoms with Gasteiger partial charge < -0.3 is 9.47 Å². The molecule has 9 heteroatoms. The van der Waals surface area contributed by atoms with Crippen LogP contribution in [0, 0.1) is 17.2 Å². The van der Waals surface area contributed by atoms with Crippen molar-refractivity contribution in [1.29, 1.82) is 5.26 Å². The number of nitrogens with zero attached hydrogens (tertiary/aromatic N) is 6. The SMILES string of the molecule is N#Cc1ccc2c(OCC3CCOC3)nc(Cn3c(=O)n(C4CC4)c4ccncc43)nc2c1. The number of nitriles is 1. The van der Waals surface area contributed by atoms with Crippen LogP contribution in [0.3, 0.4) is 0 Å². The van der Waals surface area contributed by atoms with Gasteiger partial charge in [0.05, 0.1) is 59.5 Å². The van der Waals surface area contributed by atoms with Gasteiger partial charge >= 0.3 is 5.69 Å². The van der Waals surface area contributed by atoms with Crippen molar-refractivity contribution in [3.05, 3.63) is 58.5 Å². The van der Waals surface area contributed by atoms with Crippen LogP contribution in [-0.4, -0.2) is 43.9 Å². The molecule has 33 heavy (non-hydrogen) atoms. The zero-order valence-electron chi connectivity index (χ0n) is 18.0. The third-order valence-electron chi connectivity index (χ3n) is 6.29. The first-order valence-corrected chi connectivity index (χ1v) is 11.2. The van der Waals surface area contributed by atoms with Crippen LogP contribution in [0.4, 0.5) is 0 Å². The topological polar surface area (TPSA) is 108 Å². The molecule has 2 fully saturated rings. The Balaban J connectivity index is 1.43. The summed E-state index contributed by atoms with van der Waals surface area (Å²) in [7, 11) is 0. The van der Waals surface area contributed by atoms with Gasteiger partial charge in [-0.2, -0.15) is 10.2 Å². The molecule has 1 unspecified atom stereocenters. The van der Waals surface area contributed by atoms with E-state index in [-0.39, 0.29) is 18.3 Å². The highest BCUT2D eigenvalue weighted by molar-refractivity contribution is 5.84. The Morgan fingerprint density at radius 2 is 2.09 bits per heavy atom. The van der Waals surface area contributed by atoms with E-state index < -0.39 is 0 Å². The number of rotatable bonds is 6. The number of pyridine rings is 1. The molecule has 0 amide bonds. The molecule has 0 N–H and O–H groups in total. The molecule has 1 saturated heterocycles. The Morgan fingerprint density at radius 1 is 1.18 bits per heavy atom. The first kappa shape index (κ1) is 19.9. The van der Waals surface area contributed by atoms with Gasteiger partial charge in [-0.1, -0.05) is 0 Å². The Bertz CT molecular complexity index is 1460. The fraction of sp³-hybridized carbons (Fsp3) is 0.375. The first-order chi connectivity index (χ1) is 16.2. The highest BCUT2D eigenvalue weighted by Crippen LogP contribution is 2.36. The summed E-state index contributed by atoms with van der Waals surface area (Å²) in [5.74, 6) is 1.24. The number of hydrogen-bond acceptors (Lipinski definition) is 7. The van der Waals surface area contributed by atoms with E-state index in [0.29, 0.717) is 41.9 Å². The molecule has 0 radical (unpaired) electrons. The zero-order valence-corrected chi connectivity index (χ0v) is 18.0. The zero-order chi connectivity index (χ0) is 22.4. The number of fused-ring (bicyclic) bond motifs is 2. The second kappa shape index (κ2) is 7.98. The van der Waals surface area contributed by atoms with Crippen molar-refractivity contribution >= 4 is 21.9 Å². The van der Waals surface area contributed by atoms with Gasteiger partial charge in [0, 0.05) is 24.8 Å². The Hall–Kier alpha value is -3.77. The van der Waals surface area contributed by atoms with Crippen molar-refractivity contribution in [2.45, 2.75) is 31.8 Å². The van der Waals surface area contributed by atoms with E-state index >= 15 is 0 Å². The van der Waals surface area contributed by atoms with Gasteiger partial charge in [0.15, 0.2) is 5.82 Å². The summed E-state index contributed by atoms with van der Waals surface area (Å²) < 4.78 is 15.1. The van der Waals surface area contributed by atoms with E-state index in [1.165, 1.54) is 0 Å². The molecule has 1 saturated carbocycles. The van der Waals surface area contributed by atoms with Crippen LogP contribution in [-0.2, 0) is 11.3 Å². The predicted molar refractivity (Wildman–Crippen MR) is 120 cm³/mol. The molecule has 6 rings (SSSR count). The van der Waals surface area contributed by atoms with E-state index in [1.54, 1.807) is 29.1 Å². The van der Waals surface area contributed by atoms with E-state index in [2.05, 4.69) is 21.0 Å². The first-order valence-electron chi connectivity index (χ1n) is 11.2. The Kier molecular flexibility index (Phi) is 4.80. The summed E-state index contributed by atoms with van der Waals surface area (Å²) >= 11 is 0. The minimum Gasteiger partial charge on any atom is -0.477 e. The second-order valence-electron chi connectivity index (χ2n) is 8.66. The van der Waals surface area contributed by atoms with Crippen LogP contribution in [0.2, 0.25) is 0 Å². The molecule has 4 heterocycles. The van der Waals surface area contributed by atoms with Crippen LogP contribution >= 0.6 is 0 Å². The molecule has 0 bridgehead atoms. The molecular weight excluding hydrogens is 420 g/mol. The Labute approximate surface area is 189 Å². The number of imidazole rings is 1. The molecule has 2 aliphatic rings. The highest BCUT2D eigenvalue weighted by Gasteiger charge is 2.29. The van der Waals surface area contributed by atoms with Gasteiger partial charge in [0.2, 0.25) is 5.88 Å². The van der Waals surface area contributed by atoms with Crippen LogP contribution < -0.4 is 10.4 Å². The molecule has 166 valence electrons. The molecule has 1 aliphatic carbocycles. The van der Waals surface area contributed by atoms with Crippen molar-refractivity contribution in [1.82, 2.24) is 24.1 Å².